The van der Waals surface area contributed by atoms with Gasteiger partial charge < -0.3 is 4.90 Å². The highest BCUT2D eigenvalue weighted by Gasteiger charge is 2.15. The van der Waals surface area contributed by atoms with Crippen LogP contribution in [0.25, 0.3) is 0 Å². The molecule has 1 rings (SSSR count). The molecular weight excluding hydrogens is 242 g/mol. The van der Waals surface area contributed by atoms with Gasteiger partial charge in [0.2, 0.25) is 0 Å². The van der Waals surface area contributed by atoms with E-state index in [1.165, 1.54) is 0 Å². The van der Waals surface area contributed by atoms with E-state index in [0.717, 1.165) is 31.0 Å². The number of Topliss-reactive ketones (excluding diaryl/α,β-unsaturated/α-hetero) is 1. The first kappa shape index (κ1) is 15.3. The van der Waals surface area contributed by atoms with Gasteiger partial charge in [0.15, 0.2) is 5.78 Å². The lowest BCUT2D eigenvalue weighted by molar-refractivity contribution is 0.0994. The fourth-order valence-electron chi connectivity index (χ4n) is 1.81. The highest BCUT2D eigenvalue weighted by atomic mass is 32.2. The number of ketones is 1. The number of benzene rings is 1. The molecule has 2 nitrogen and oxygen atoms in total. The molecule has 1 unspecified atom stereocenters. The van der Waals surface area contributed by atoms with Gasteiger partial charge in [0.1, 0.15) is 0 Å². The van der Waals surface area contributed by atoms with Gasteiger partial charge in [0, 0.05) is 17.9 Å². The molecule has 0 saturated heterocycles. The second kappa shape index (κ2) is 8.33. The van der Waals surface area contributed by atoms with Crippen molar-refractivity contribution in [2.45, 2.75) is 26.0 Å². The smallest absolute Gasteiger partial charge is 0.175 e. The lowest BCUT2D eigenvalue weighted by atomic mass is 10.1. The lowest BCUT2D eigenvalue weighted by Crippen LogP contribution is -2.26. The summed E-state index contributed by atoms with van der Waals surface area (Å²) >= 11 is 1.75. The Morgan fingerprint density at radius 2 is 1.83 bits per heavy atom. The summed E-state index contributed by atoms with van der Waals surface area (Å²) in [5.41, 5.74) is 0.820. The Balaban J connectivity index is 2.37. The minimum absolute atomic E-state index is 0.0444. The molecule has 0 amide bonds. The third-order valence-electron chi connectivity index (χ3n) is 3.10. The van der Waals surface area contributed by atoms with Gasteiger partial charge in [-0.15, -0.1) is 11.8 Å². The van der Waals surface area contributed by atoms with Crippen molar-refractivity contribution in [2.75, 3.05) is 25.4 Å². The maximum absolute atomic E-state index is 12.1. The van der Waals surface area contributed by atoms with Crippen LogP contribution in [-0.2, 0) is 0 Å². The van der Waals surface area contributed by atoms with Crippen molar-refractivity contribution in [1.82, 2.24) is 4.90 Å². The van der Waals surface area contributed by atoms with Crippen molar-refractivity contribution in [2.24, 2.45) is 0 Å². The molecule has 18 heavy (non-hydrogen) atoms. The molecule has 0 radical (unpaired) electrons. The standard InChI is InChI=1S/C15H23NOS/c1-4-16(5-2)11-12-18-13(3)15(17)14-9-7-6-8-10-14/h6-10,13H,4-5,11-12H2,1-3H3. The van der Waals surface area contributed by atoms with Gasteiger partial charge in [-0.1, -0.05) is 44.2 Å². The first-order chi connectivity index (χ1) is 8.69. The van der Waals surface area contributed by atoms with E-state index in [9.17, 15) is 4.79 Å². The van der Waals surface area contributed by atoms with Gasteiger partial charge in [0.05, 0.1) is 5.25 Å². The Morgan fingerprint density at radius 1 is 1.22 bits per heavy atom. The molecule has 0 aliphatic rings. The molecule has 0 N–H and O–H groups in total. The maximum atomic E-state index is 12.1. The van der Waals surface area contributed by atoms with Crippen LogP contribution >= 0.6 is 11.8 Å². The second-order valence-electron chi connectivity index (χ2n) is 4.27. The van der Waals surface area contributed by atoms with Crippen molar-refractivity contribution < 1.29 is 4.79 Å². The lowest BCUT2D eigenvalue weighted by Gasteiger charge is -2.18. The number of rotatable bonds is 8. The summed E-state index contributed by atoms with van der Waals surface area (Å²) in [6, 6.07) is 9.56. The van der Waals surface area contributed by atoms with Crippen LogP contribution in [0.4, 0.5) is 0 Å². The van der Waals surface area contributed by atoms with Crippen LogP contribution in [0.15, 0.2) is 30.3 Å². The average Bonchev–Trinajstić information content (AvgIpc) is 2.43. The van der Waals surface area contributed by atoms with E-state index >= 15 is 0 Å². The van der Waals surface area contributed by atoms with Crippen LogP contribution in [0, 0.1) is 0 Å². The van der Waals surface area contributed by atoms with Crippen LogP contribution in [0.2, 0.25) is 0 Å². The van der Waals surface area contributed by atoms with E-state index in [0.29, 0.717) is 0 Å². The van der Waals surface area contributed by atoms with E-state index in [2.05, 4.69) is 18.7 Å². The Labute approximate surface area is 115 Å². The predicted octanol–water partition coefficient (Wildman–Crippen LogP) is 3.33. The van der Waals surface area contributed by atoms with Gasteiger partial charge in [-0.2, -0.15) is 0 Å². The SMILES string of the molecule is CCN(CC)CCSC(C)C(=O)c1ccccc1. The first-order valence-corrected chi connectivity index (χ1v) is 7.67. The predicted molar refractivity (Wildman–Crippen MR) is 80.5 cm³/mol. The fraction of sp³-hybridized carbons (Fsp3) is 0.533. The summed E-state index contributed by atoms with van der Waals surface area (Å²) in [7, 11) is 0. The van der Waals surface area contributed by atoms with Crippen LogP contribution in [0.3, 0.4) is 0 Å². The van der Waals surface area contributed by atoms with Gasteiger partial charge in [-0.25, -0.2) is 0 Å². The van der Waals surface area contributed by atoms with Crippen molar-refractivity contribution in [3.05, 3.63) is 35.9 Å². The quantitative estimate of drug-likeness (QED) is 0.672. The van der Waals surface area contributed by atoms with Crippen LogP contribution in [-0.4, -0.2) is 41.3 Å². The molecule has 0 fully saturated rings. The van der Waals surface area contributed by atoms with Crippen LogP contribution < -0.4 is 0 Å². The molecule has 3 heteroatoms. The minimum Gasteiger partial charge on any atom is -0.303 e. The molecule has 0 aliphatic carbocycles. The zero-order valence-electron chi connectivity index (χ0n) is 11.6. The summed E-state index contributed by atoms with van der Waals surface area (Å²) < 4.78 is 0. The van der Waals surface area contributed by atoms with Gasteiger partial charge in [-0.3, -0.25) is 4.79 Å². The molecule has 1 atom stereocenters. The van der Waals surface area contributed by atoms with Crippen LogP contribution in [0.1, 0.15) is 31.1 Å². The molecule has 0 heterocycles. The molecule has 1 aromatic carbocycles. The van der Waals surface area contributed by atoms with Gasteiger partial charge >= 0.3 is 0 Å². The van der Waals surface area contributed by atoms with E-state index in [4.69, 9.17) is 0 Å². The summed E-state index contributed by atoms with van der Waals surface area (Å²) in [6.07, 6.45) is 0. The van der Waals surface area contributed by atoms with E-state index in [1.54, 1.807) is 11.8 Å². The van der Waals surface area contributed by atoms with Crippen LogP contribution in [0.5, 0.6) is 0 Å². The van der Waals surface area contributed by atoms with Crippen molar-refractivity contribution in [1.29, 1.82) is 0 Å². The third-order valence-corrected chi connectivity index (χ3v) is 4.23. The molecule has 0 aliphatic heterocycles. The van der Waals surface area contributed by atoms with E-state index in [-0.39, 0.29) is 11.0 Å². The van der Waals surface area contributed by atoms with E-state index < -0.39 is 0 Å². The Kier molecular flexibility index (Phi) is 7.06. The fourth-order valence-corrected chi connectivity index (χ4v) is 2.82. The molecular formula is C15H23NOS. The molecule has 0 spiro atoms. The summed E-state index contributed by atoms with van der Waals surface area (Å²) in [5, 5.41) is 0.0444. The molecule has 100 valence electrons. The Hall–Kier alpha value is -0.800. The second-order valence-corrected chi connectivity index (χ2v) is 5.72. The molecule has 0 aromatic heterocycles. The number of carbonyl (C=O) groups is 1. The Bertz CT molecular complexity index is 349. The van der Waals surface area contributed by atoms with Crippen molar-refractivity contribution in [3.8, 4) is 0 Å². The minimum atomic E-state index is 0.0444. The number of hydrogen-bond donors (Lipinski definition) is 0. The monoisotopic (exact) mass is 265 g/mol. The summed E-state index contributed by atoms with van der Waals surface area (Å²) in [4.78, 5) is 14.5. The highest BCUT2D eigenvalue weighted by Crippen LogP contribution is 2.16. The average molecular weight is 265 g/mol. The van der Waals surface area contributed by atoms with Gasteiger partial charge in [0.25, 0.3) is 0 Å². The van der Waals surface area contributed by atoms with Crippen molar-refractivity contribution in [3.63, 3.8) is 0 Å². The molecule has 1 aromatic rings. The maximum Gasteiger partial charge on any atom is 0.175 e. The number of thioether (sulfide) groups is 1. The Morgan fingerprint density at radius 3 is 2.39 bits per heavy atom. The van der Waals surface area contributed by atoms with E-state index in [1.807, 2.05) is 37.3 Å². The number of nitrogens with zero attached hydrogens (tertiary/aromatic N) is 1. The topological polar surface area (TPSA) is 20.3 Å². The largest absolute Gasteiger partial charge is 0.303 e. The summed E-state index contributed by atoms with van der Waals surface area (Å²) in [6.45, 7) is 9.57. The molecule has 0 saturated carbocycles. The highest BCUT2D eigenvalue weighted by molar-refractivity contribution is 8.00. The zero-order chi connectivity index (χ0) is 13.4. The first-order valence-electron chi connectivity index (χ1n) is 6.62. The zero-order valence-corrected chi connectivity index (χ0v) is 12.4. The summed E-state index contributed by atoms with van der Waals surface area (Å²) in [5.74, 6) is 1.25. The molecule has 0 bridgehead atoms. The number of hydrogen-bond acceptors (Lipinski definition) is 3. The third kappa shape index (κ3) is 4.83. The van der Waals surface area contributed by atoms with Gasteiger partial charge in [-0.05, 0) is 20.0 Å². The normalized spacial score (nSPS) is 12.7. The number of carbonyl (C=O) groups excluding carboxylic acids is 1. The van der Waals surface area contributed by atoms with Crippen molar-refractivity contribution >= 4 is 17.5 Å².